The molecule has 0 aromatic heterocycles. The predicted octanol–water partition coefficient (Wildman–Crippen LogP) is -1.44. The number of benzene rings is 1. The van der Waals surface area contributed by atoms with E-state index >= 15 is 0 Å². The van der Waals surface area contributed by atoms with E-state index in [9.17, 15) is 35.3 Å². The van der Waals surface area contributed by atoms with Crippen LogP contribution >= 0.6 is 0 Å². The molecule has 11 heteroatoms. The molecule has 0 spiro atoms. The minimum absolute atomic E-state index is 0.132. The van der Waals surface area contributed by atoms with Crippen LogP contribution in [0, 0.1) is 16.0 Å². The third kappa shape index (κ3) is 4.46. The Hall–Kier alpha value is -2.57. The van der Waals surface area contributed by atoms with Crippen molar-refractivity contribution in [3.63, 3.8) is 0 Å². The fraction of sp³-hybridized carbons (Fsp3) is 0.471. The van der Waals surface area contributed by atoms with Crippen LogP contribution in [0.2, 0.25) is 0 Å². The van der Waals surface area contributed by atoms with Gasteiger partial charge in [0.05, 0.1) is 36.6 Å². The Morgan fingerprint density at radius 1 is 1.39 bits per heavy atom. The average Bonchev–Trinajstić information content (AvgIpc) is 2.66. The number of ether oxygens (including phenoxy) is 2. The van der Waals surface area contributed by atoms with Gasteiger partial charge in [-0.3, -0.25) is 14.9 Å². The molecule has 6 N–H and O–H groups in total. The van der Waals surface area contributed by atoms with Crippen LogP contribution in [0.3, 0.4) is 0 Å². The summed E-state index contributed by atoms with van der Waals surface area (Å²) >= 11 is 0. The van der Waals surface area contributed by atoms with Gasteiger partial charge in [0.15, 0.2) is 6.29 Å². The monoisotopic (exact) mass is 398 g/mol. The van der Waals surface area contributed by atoms with Gasteiger partial charge in [0, 0.05) is 11.6 Å². The Morgan fingerprint density at radius 2 is 2.07 bits per heavy atom. The van der Waals surface area contributed by atoms with Gasteiger partial charge in [0.2, 0.25) is 12.1 Å². The zero-order chi connectivity index (χ0) is 21.0. The molecule has 1 heterocycles. The highest BCUT2D eigenvalue weighted by Crippen LogP contribution is 2.40. The molecule has 1 aliphatic heterocycles. The Balaban J connectivity index is 2.46. The Labute approximate surface area is 159 Å². The van der Waals surface area contributed by atoms with Crippen LogP contribution in [0.5, 0.6) is 5.75 Å². The summed E-state index contributed by atoms with van der Waals surface area (Å²) in [6.45, 7) is -0.649. The third-order valence-electron chi connectivity index (χ3n) is 4.62. The van der Waals surface area contributed by atoms with Crippen LogP contribution in [0.25, 0.3) is 6.08 Å². The lowest BCUT2D eigenvalue weighted by atomic mass is 9.77. The predicted molar refractivity (Wildman–Crippen MR) is 94.4 cm³/mol. The van der Waals surface area contributed by atoms with Crippen molar-refractivity contribution in [2.24, 2.45) is 11.7 Å². The summed E-state index contributed by atoms with van der Waals surface area (Å²) in [5.41, 5.74) is 6.08. The Bertz CT molecular complexity index is 754. The number of aliphatic hydroxyl groups is 4. The first kappa shape index (κ1) is 21.7. The molecule has 6 atom stereocenters. The van der Waals surface area contributed by atoms with Gasteiger partial charge < -0.3 is 35.6 Å². The zero-order valence-electron chi connectivity index (χ0n) is 14.9. The number of nitro groups is 1. The first-order valence-electron chi connectivity index (χ1n) is 8.30. The van der Waals surface area contributed by atoms with Crippen molar-refractivity contribution in [2.75, 3.05) is 13.7 Å². The molecular weight excluding hydrogens is 376 g/mol. The van der Waals surface area contributed by atoms with Crippen molar-refractivity contribution in [1.29, 1.82) is 0 Å². The summed E-state index contributed by atoms with van der Waals surface area (Å²) in [5, 5.41) is 50.4. The number of methoxy groups -OCH3 is 1. The maximum absolute atomic E-state index is 12.2. The molecule has 28 heavy (non-hydrogen) atoms. The Morgan fingerprint density at radius 3 is 2.61 bits per heavy atom. The third-order valence-corrected chi connectivity index (χ3v) is 4.62. The first-order chi connectivity index (χ1) is 13.2. The minimum Gasteiger partial charge on any atom is -0.496 e. The van der Waals surface area contributed by atoms with E-state index in [0.717, 1.165) is 6.20 Å². The van der Waals surface area contributed by atoms with Crippen LogP contribution in [-0.2, 0) is 9.53 Å². The van der Waals surface area contributed by atoms with E-state index in [2.05, 4.69) is 0 Å². The quantitative estimate of drug-likeness (QED) is 0.271. The van der Waals surface area contributed by atoms with E-state index in [1.807, 2.05) is 0 Å². The number of carbonyl (C=O) groups is 1. The van der Waals surface area contributed by atoms with Crippen molar-refractivity contribution in [3.8, 4) is 5.75 Å². The molecule has 1 fully saturated rings. The van der Waals surface area contributed by atoms with Crippen molar-refractivity contribution in [3.05, 3.63) is 45.6 Å². The fourth-order valence-corrected chi connectivity index (χ4v) is 3.26. The molecule has 0 saturated carbocycles. The topological polar surface area (TPSA) is 186 Å². The molecule has 0 bridgehead atoms. The number of amides is 1. The molecule has 0 radical (unpaired) electrons. The van der Waals surface area contributed by atoms with Crippen LogP contribution < -0.4 is 10.5 Å². The smallest absolute Gasteiger partial charge is 0.235 e. The number of primary amides is 1. The summed E-state index contributed by atoms with van der Waals surface area (Å²) in [4.78, 5) is 22.0. The van der Waals surface area contributed by atoms with E-state index in [1.54, 1.807) is 0 Å². The molecule has 1 aliphatic rings. The molecule has 11 nitrogen and oxygen atoms in total. The van der Waals surface area contributed by atoms with Crippen molar-refractivity contribution in [2.45, 2.75) is 30.5 Å². The molecule has 1 aromatic carbocycles. The molecule has 1 unspecified atom stereocenters. The van der Waals surface area contributed by atoms with E-state index in [-0.39, 0.29) is 11.3 Å². The number of hydrogen-bond donors (Lipinski definition) is 5. The number of aliphatic hydroxyl groups excluding tert-OH is 4. The van der Waals surface area contributed by atoms with Gasteiger partial charge in [-0.1, -0.05) is 12.1 Å². The summed E-state index contributed by atoms with van der Waals surface area (Å²) in [6, 6.07) is 4.29. The van der Waals surface area contributed by atoms with Gasteiger partial charge in [-0.25, -0.2) is 0 Å². The Kier molecular flexibility index (Phi) is 7.05. The average molecular weight is 398 g/mol. The van der Waals surface area contributed by atoms with Gasteiger partial charge in [0.1, 0.15) is 18.0 Å². The standard InChI is InChI=1S/C17H22N2O9/c1-27-10-6-8(4-5-19(25)26)2-3-9(10)12(16(18)23)13-15(22)14(21)11(7-20)28-17(13)24/h2-6,11-15,17,20-22,24H,7H2,1H3,(H2,18,23)/t11-,12?,13+,14-,15-,17+/m1/s1. The summed E-state index contributed by atoms with van der Waals surface area (Å²) in [5.74, 6) is -3.45. The number of rotatable bonds is 7. The highest BCUT2D eigenvalue weighted by Gasteiger charge is 2.49. The van der Waals surface area contributed by atoms with E-state index in [0.29, 0.717) is 5.56 Å². The lowest BCUT2D eigenvalue weighted by Gasteiger charge is -2.42. The second-order valence-electron chi connectivity index (χ2n) is 6.29. The summed E-state index contributed by atoms with van der Waals surface area (Å²) in [7, 11) is 1.30. The van der Waals surface area contributed by atoms with Crippen molar-refractivity contribution >= 4 is 12.0 Å². The second kappa shape index (κ2) is 9.08. The molecule has 1 aromatic rings. The van der Waals surface area contributed by atoms with Gasteiger partial charge in [-0.05, 0) is 11.6 Å². The van der Waals surface area contributed by atoms with Gasteiger partial charge >= 0.3 is 0 Å². The fourth-order valence-electron chi connectivity index (χ4n) is 3.26. The minimum atomic E-state index is -1.70. The van der Waals surface area contributed by atoms with Crippen LogP contribution in [0.1, 0.15) is 17.0 Å². The van der Waals surface area contributed by atoms with Crippen LogP contribution in [0.15, 0.2) is 24.4 Å². The first-order valence-corrected chi connectivity index (χ1v) is 8.30. The summed E-state index contributed by atoms with van der Waals surface area (Å²) < 4.78 is 10.3. The molecule has 2 rings (SSSR count). The SMILES string of the molecule is COc1cc(C=C[N+](=O)[O-])ccc1C(C(N)=O)[C@H]1[C@@H](O)[C@H](O)[C@@H](CO)O[C@@H]1O. The van der Waals surface area contributed by atoms with Gasteiger partial charge in [-0.15, -0.1) is 0 Å². The lowest BCUT2D eigenvalue weighted by Crippen LogP contribution is -2.58. The van der Waals surface area contributed by atoms with Gasteiger partial charge in [0.25, 0.3) is 0 Å². The molecule has 1 saturated heterocycles. The molecule has 1 amide bonds. The van der Waals surface area contributed by atoms with Crippen LogP contribution in [0.4, 0.5) is 0 Å². The second-order valence-corrected chi connectivity index (χ2v) is 6.29. The maximum atomic E-state index is 12.2. The lowest BCUT2D eigenvalue weighted by molar-refractivity contribution is -0.400. The number of nitrogens with two attached hydrogens (primary N) is 1. The van der Waals surface area contributed by atoms with Crippen molar-refractivity contribution in [1.82, 2.24) is 0 Å². The normalized spacial score (nSPS) is 28.8. The molecule has 0 aliphatic carbocycles. The zero-order valence-corrected chi connectivity index (χ0v) is 14.9. The number of hydrogen-bond acceptors (Lipinski definition) is 9. The summed E-state index contributed by atoms with van der Waals surface area (Å²) in [6.07, 6.45) is -4.17. The number of carbonyl (C=O) groups excluding carboxylic acids is 1. The largest absolute Gasteiger partial charge is 0.496 e. The van der Waals surface area contributed by atoms with Crippen LogP contribution in [-0.4, -0.2) is 69.6 Å². The van der Waals surface area contributed by atoms with E-state index < -0.39 is 53.9 Å². The highest BCUT2D eigenvalue weighted by atomic mass is 16.6. The van der Waals surface area contributed by atoms with E-state index in [4.69, 9.17) is 15.2 Å². The number of nitrogens with zero attached hydrogens (tertiary/aromatic N) is 1. The highest BCUT2D eigenvalue weighted by molar-refractivity contribution is 5.83. The van der Waals surface area contributed by atoms with E-state index in [1.165, 1.54) is 31.4 Å². The molecule has 154 valence electrons. The maximum Gasteiger partial charge on any atom is 0.235 e. The molecular formula is C17H22N2O9. The van der Waals surface area contributed by atoms with Gasteiger partial charge in [-0.2, -0.15) is 0 Å². The van der Waals surface area contributed by atoms with Crippen molar-refractivity contribution < 1.29 is 39.6 Å².